The molecule has 0 saturated heterocycles. The number of nitrogens with zero attached hydrogens (tertiary/aromatic N) is 1. The monoisotopic (exact) mass is 457 g/mol. The number of amides is 1. The Bertz CT molecular complexity index is 1240. The van der Waals surface area contributed by atoms with Gasteiger partial charge in [0.15, 0.2) is 5.13 Å². The number of hydrogen-bond acceptors (Lipinski definition) is 5. The summed E-state index contributed by atoms with van der Waals surface area (Å²) in [5.74, 6) is -0.0147. The molecule has 0 atom stereocenters. The smallest absolute Gasteiger partial charge is 0.416 e. The maximum atomic E-state index is 12.7. The second-order valence-corrected chi connectivity index (χ2v) is 8.10. The highest BCUT2D eigenvalue weighted by Gasteiger charge is 2.29. The number of nitrogens with one attached hydrogen (secondary N) is 2. The first-order valence-electron chi connectivity index (χ1n) is 9.69. The van der Waals surface area contributed by atoms with Crippen molar-refractivity contribution in [3.8, 4) is 5.75 Å². The molecule has 1 amide bonds. The zero-order valence-electron chi connectivity index (χ0n) is 16.6. The number of alkyl halides is 3. The fourth-order valence-corrected chi connectivity index (χ4v) is 4.00. The molecule has 3 aromatic carbocycles. The van der Waals surface area contributed by atoms with Gasteiger partial charge in [0, 0.05) is 17.8 Å². The van der Waals surface area contributed by atoms with Crippen LogP contribution in [0.15, 0.2) is 66.7 Å². The third kappa shape index (κ3) is 5.17. The number of aromatic nitrogens is 1. The molecule has 4 aromatic rings. The number of aromatic hydroxyl groups is 1. The molecule has 0 unspecified atom stereocenters. The van der Waals surface area contributed by atoms with E-state index in [-0.39, 0.29) is 11.7 Å². The minimum Gasteiger partial charge on any atom is -0.508 e. The molecular formula is C23H18F3N3O2S. The SMILES string of the molecule is O=C(NCCc1ccc(O)cc1)c1ccc2nc(Nc3ccc(C(F)(F)F)cc3)sc2c1. The van der Waals surface area contributed by atoms with Gasteiger partial charge in [0.1, 0.15) is 5.75 Å². The van der Waals surface area contributed by atoms with Crippen LogP contribution in [0.5, 0.6) is 5.75 Å². The molecule has 1 heterocycles. The van der Waals surface area contributed by atoms with Gasteiger partial charge >= 0.3 is 6.18 Å². The van der Waals surface area contributed by atoms with Crippen LogP contribution in [0.3, 0.4) is 0 Å². The van der Waals surface area contributed by atoms with Gasteiger partial charge in [-0.25, -0.2) is 4.98 Å². The van der Waals surface area contributed by atoms with Crippen LogP contribution in [0.4, 0.5) is 24.0 Å². The van der Waals surface area contributed by atoms with Gasteiger partial charge in [-0.3, -0.25) is 4.79 Å². The van der Waals surface area contributed by atoms with E-state index < -0.39 is 11.7 Å². The van der Waals surface area contributed by atoms with E-state index in [0.717, 1.165) is 22.4 Å². The standard InChI is InChI=1S/C23H18F3N3O2S/c24-23(25,26)16-4-6-17(7-5-16)28-22-29-19-10-3-15(13-20(19)32-22)21(31)27-12-11-14-1-8-18(30)9-2-14/h1-10,13,30H,11-12H2,(H,27,31)(H,28,29). The maximum absolute atomic E-state index is 12.7. The molecule has 9 heteroatoms. The fourth-order valence-electron chi connectivity index (χ4n) is 3.07. The number of rotatable bonds is 6. The van der Waals surface area contributed by atoms with E-state index >= 15 is 0 Å². The maximum Gasteiger partial charge on any atom is 0.416 e. The van der Waals surface area contributed by atoms with Crippen LogP contribution in [0.2, 0.25) is 0 Å². The Morgan fingerprint density at radius 3 is 2.41 bits per heavy atom. The molecule has 0 saturated carbocycles. The number of phenols is 1. The largest absolute Gasteiger partial charge is 0.508 e. The van der Waals surface area contributed by atoms with Crippen LogP contribution < -0.4 is 10.6 Å². The first-order valence-corrected chi connectivity index (χ1v) is 10.5. The lowest BCUT2D eigenvalue weighted by atomic mass is 10.1. The number of benzene rings is 3. The highest BCUT2D eigenvalue weighted by molar-refractivity contribution is 7.22. The Hall–Kier alpha value is -3.59. The van der Waals surface area contributed by atoms with Gasteiger partial charge in [0.2, 0.25) is 0 Å². The summed E-state index contributed by atoms with van der Waals surface area (Å²) in [5, 5.41) is 15.7. The highest BCUT2D eigenvalue weighted by atomic mass is 32.1. The lowest BCUT2D eigenvalue weighted by Crippen LogP contribution is -2.25. The number of fused-ring (bicyclic) bond motifs is 1. The number of thiazole rings is 1. The molecule has 5 nitrogen and oxygen atoms in total. The Kier molecular flexibility index (Phi) is 6.00. The Morgan fingerprint density at radius 1 is 1.00 bits per heavy atom. The minimum absolute atomic E-state index is 0.197. The van der Waals surface area contributed by atoms with Crippen LogP contribution in [-0.2, 0) is 12.6 Å². The van der Waals surface area contributed by atoms with Gasteiger partial charge in [-0.05, 0) is 66.6 Å². The first-order chi connectivity index (χ1) is 15.3. The number of hydrogen-bond donors (Lipinski definition) is 3. The van der Waals surface area contributed by atoms with Crippen molar-refractivity contribution in [2.75, 3.05) is 11.9 Å². The minimum atomic E-state index is -4.38. The molecule has 0 aliphatic carbocycles. The molecule has 3 N–H and O–H groups in total. The highest BCUT2D eigenvalue weighted by Crippen LogP contribution is 2.32. The molecule has 164 valence electrons. The van der Waals surface area contributed by atoms with Crippen molar-refractivity contribution >= 4 is 38.3 Å². The summed E-state index contributed by atoms with van der Waals surface area (Å²) in [6.07, 6.45) is -3.74. The molecule has 0 bridgehead atoms. The first kappa shape index (κ1) is 21.6. The van der Waals surface area contributed by atoms with Gasteiger partial charge in [0.25, 0.3) is 5.91 Å². The van der Waals surface area contributed by atoms with E-state index in [2.05, 4.69) is 15.6 Å². The van der Waals surface area contributed by atoms with E-state index in [1.54, 1.807) is 42.5 Å². The Morgan fingerprint density at radius 2 is 1.72 bits per heavy atom. The molecular weight excluding hydrogens is 439 g/mol. The van der Waals surface area contributed by atoms with Crippen molar-refractivity contribution in [2.45, 2.75) is 12.6 Å². The topological polar surface area (TPSA) is 74.2 Å². The number of carbonyl (C=O) groups excluding carboxylic acids is 1. The summed E-state index contributed by atoms with van der Waals surface area (Å²) in [5.41, 5.74) is 1.95. The Labute approximate surface area is 185 Å². The van der Waals surface area contributed by atoms with Crippen molar-refractivity contribution in [1.82, 2.24) is 10.3 Å². The number of carbonyl (C=O) groups is 1. The summed E-state index contributed by atoms with van der Waals surface area (Å²) in [6, 6.07) is 16.7. The number of anilines is 2. The van der Waals surface area contributed by atoms with Gasteiger partial charge in [0.05, 0.1) is 15.8 Å². The van der Waals surface area contributed by atoms with Crippen LogP contribution in [0.1, 0.15) is 21.5 Å². The second kappa shape index (κ2) is 8.88. The van der Waals surface area contributed by atoms with Gasteiger partial charge in [-0.2, -0.15) is 13.2 Å². The lowest BCUT2D eigenvalue weighted by molar-refractivity contribution is -0.137. The third-order valence-electron chi connectivity index (χ3n) is 4.75. The molecule has 0 fully saturated rings. The summed E-state index contributed by atoms with van der Waals surface area (Å²) >= 11 is 1.31. The molecule has 0 spiro atoms. The molecule has 1 aromatic heterocycles. The average molecular weight is 457 g/mol. The molecule has 4 rings (SSSR count). The normalized spacial score (nSPS) is 11.5. The predicted molar refractivity (Wildman–Crippen MR) is 118 cm³/mol. The van der Waals surface area contributed by atoms with Crippen LogP contribution in [0.25, 0.3) is 10.2 Å². The van der Waals surface area contributed by atoms with E-state index in [9.17, 15) is 23.1 Å². The molecule has 0 radical (unpaired) electrons. The summed E-state index contributed by atoms with van der Waals surface area (Å²) in [4.78, 5) is 16.9. The van der Waals surface area contributed by atoms with Crippen molar-refractivity contribution in [3.05, 3.63) is 83.4 Å². The third-order valence-corrected chi connectivity index (χ3v) is 5.68. The van der Waals surface area contributed by atoms with Crippen molar-refractivity contribution in [1.29, 1.82) is 0 Å². The van der Waals surface area contributed by atoms with E-state index in [1.165, 1.54) is 23.5 Å². The van der Waals surface area contributed by atoms with Crippen molar-refractivity contribution in [2.24, 2.45) is 0 Å². The number of halogens is 3. The lowest BCUT2D eigenvalue weighted by Gasteiger charge is -2.07. The predicted octanol–water partition coefficient (Wildman–Crippen LogP) is 5.74. The summed E-state index contributed by atoms with van der Waals surface area (Å²) < 4.78 is 38.9. The zero-order chi connectivity index (χ0) is 22.7. The number of phenolic OH excluding ortho intramolecular Hbond substituents is 1. The quantitative estimate of drug-likeness (QED) is 0.345. The molecule has 32 heavy (non-hydrogen) atoms. The fraction of sp³-hybridized carbons (Fsp3) is 0.130. The molecule has 0 aliphatic rings. The molecule has 0 aliphatic heterocycles. The van der Waals surface area contributed by atoms with Crippen molar-refractivity contribution in [3.63, 3.8) is 0 Å². The van der Waals surface area contributed by atoms with Crippen LogP contribution >= 0.6 is 11.3 Å². The van der Waals surface area contributed by atoms with E-state index in [1.807, 2.05) is 0 Å². The van der Waals surface area contributed by atoms with Crippen molar-refractivity contribution < 1.29 is 23.1 Å². The van der Waals surface area contributed by atoms with Gasteiger partial charge < -0.3 is 15.7 Å². The summed E-state index contributed by atoms with van der Waals surface area (Å²) in [7, 11) is 0. The van der Waals surface area contributed by atoms with Gasteiger partial charge in [-0.15, -0.1) is 0 Å². The Balaban J connectivity index is 1.39. The second-order valence-electron chi connectivity index (χ2n) is 7.07. The van der Waals surface area contributed by atoms with Crippen LogP contribution in [-0.4, -0.2) is 22.5 Å². The van der Waals surface area contributed by atoms with Crippen LogP contribution in [0, 0.1) is 0 Å². The zero-order valence-corrected chi connectivity index (χ0v) is 17.4. The summed E-state index contributed by atoms with van der Waals surface area (Å²) in [6.45, 7) is 0.449. The van der Waals surface area contributed by atoms with E-state index in [4.69, 9.17) is 0 Å². The van der Waals surface area contributed by atoms with Gasteiger partial charge in [-0.1, -0.05) is 23.5 Å². The average Bonchev–Trinajstić information content (AvgIpc) is 3.16. The van der Waals surface area contributed by atoms with E-state index in [0.29, 0.717) is 34.9 Å².